The van der Waals surface area contributed by atoms with Gasteiger partial charge in [0.2, 0.25) is 0 Å². The van der Waals surface area contributed by atoms with Crippen molar-refractivity contribution < 1.29 is 24.6 Å². The van der Waals surface area contributed by atoms with Gasteiger partial charge in [-0.1, -0.05) is 36.4 Å². The Bertz CT molecular complexity index is 767. The van der Waals surface area contributed by atoms with E-state index < -0.39 is 12.0 Å². The first-order valence-electron chi connectivity index (χ1n) is 9.47. The van der Waals surface area contributed by atoms with Crippen LogP contribution in [0.1, 0.15) is 11.1 Å². The number of rotatable bonds is 13. The summed E-state index contributed by atoms with van der Waals surface area (Å²) in [6, 6.07) is 15.1. The molecule has 0 saturated carbocycles. The maximum absolute atomic E-state index is 11.1. The van der Waals surface area contributed by atoms with E-state index in [-0.39, 0.29) is 13.2 Å². The molecule has 7 nitrogen and oxygen atoms in total. The fourth-order valence-corrected chi connectivity index (χ4v) is 2.69. The number of aliphatic hydroxyl groups is 1. The summed E-state index contributed by atoms with van der Waals surface area (Å²) >= 11 is 0. The van der Waals surface area contributed by atoms with Gasteiger partial charge in [0.1, 0.15) is 24.2 Å². The van der Waals surface area contributed by atoms with Gasteiger partial charge in [-0.05, 0) is 48.7 Å². The molecular formula is C22H28N2O5. The number of carbonyl (C=O) groups excluding carboxylic acids is 1. The average Bonchev–Trinajstić information content (AvgIpc) is 2.75. The van der Waals surface area contributed by atoms with Gasteiger partial charge in [0, 0.05) is 6.54 Å². The summed E-state index contributed by atoms with van der Waals surface area (Å²) in [6.45, 7) is 4.85. The monoisotopic (exact) mass is 400 g/mol. The van der Waals surface area contributed by atoms with Crippen LogP contribution in [-0.4, -0.2) is 48.6 Å². The van der Waals surface area contributed by atoms with Gasteiger partial charge in [-0.15, -0.1) is 6.58 Å². The second-order valence-corrected chi connectivity index (χ2v) is 6.49. The third kappa shape index (κ3) is 8.35. The van der Waals surface area contributed by atoms with E-state index in [0.29, 0.717) is 25.3 Å². The average molecular weight is 400 g/mol. The molecule has 0 aliphatic carbocycles. The molecule has 156 valence electrons. The van der Waals surface area contributed by atoms with Crippen molar-refractivity contribution in [1.82, 2.24) is 10.8 Å². The van der Waals surface area contributed by atoms with Gasteiger partial charge in [-0.25, -0.2) is 5.48 Å². The summed E-state index contributed by atoms with van der Waals surface area (Å²) < 4.78 is 11.0. The van der Waals surface area contributed by atoms with Crippen molar-refractivity contribution in [2.45, 2.75) is 18.9 Å². The molecule has 1 unspecified atom stereocenters. The molecule has 0 saturated heterocycles. The van der Waals surface area contributed by atoms with E-state index in [4.69, 9.17) is 14.7 Å². The van der Waals surface area contributed by atoms with Crippen LogP contribution in [0.15, 0.2) is 61.2 Å². The first-order chi connectivity index (χ1) is 14.1. The minimum Gasteiger partial charge on any atom is -0.491 e. The van der Waals surface area contributed by atoms with Crippen LogP contribution in [0.5, 0.6) is 11.5 Å². The molecule has 0 aromatic heterocycles. The number of hydrogen-bond donors (Lipinski definition) is 4. The van der Waals surface area contributed by atoms with Crippen LogP contribution in [0.2, 0.25) is 0 Å². The molecule has 4 N–H and O–H groups in total. The van der Waals surface area contributed by atoms with Crippen LogP contribution in [-0.2, 0) is 17.6 Å². The van der Waals surface area contributed by atoms with Gasteiger partial charge in [0.15, 0.2) is 6.61 Å². The van der Waals surface area contributed by atoms with Gasteiger partial charge in [-0.3, -0.25) is 10.0 Å². The van der Waals surface area contributed by atoms with E-state index in [1.807, 2.05) is 42.5 Å². The molecule has 0 fully saturated rings. The summed E-state index contributed by atoms with van der Waals surface area (Å²) in [5, 5.41) is 21.8. The molecule has 0 aliphatic heterocycles. The Morgan fingerprint density at radius 3 is 2.69 bits per heavy atom. The van der Waals surface area contributed by atoms with Crippen molar-refractivity contribution in [3.05, 3.63) is 72.3 Å². The molecule has 2 aromatic rings. The van der Waals surface area contributed by atoms with Crippen LogP contribution in [0, 0.1) is 0 Å². The molecule has 7 heteroatoms. The van der Waals surface area contributed by atoms with Crippen molar-refractivity contribution in [3.63, 3.8) is 0 Å². The zero-order valence-corrected chi connectivity index (χ0v) is 16.3. The quantitative estimate of drug-likeness (QED) is 0.177. The Labute approximate surface area is 170 Å². The number of benzene rings is 2. The third-order valence-electron chi connectivity index (χ3n) is 4.13. The Hall–Kier alpha value is -2.87. The summed E-state index contributed by atoms with van der Waals surface area (Å²) in [5.74, 6) is 0.705. The maximum atomic E-state index is 11.1. The molecule has 0 spiro atoms. The summed E-state index contributed by atoms with van der Waals surface area (Å²) in [5.41, 5.74) is 3.55. The predicted octanol–water partition coefficient (Wildman–Crippen LogP) is 1.87. The number of allylic oxidation sites excluding steroid dienone is 1. The van der Waals surface area contributed by atoms with Gasteiger partial charge in [0.05, 0.1) is 0 Å². The fourth-order valence-electron chi connectivity index (χ4n) is 2.69. The minimum absolute atomic E-state index is 0.230. The normalized spacial score (nSPS) is 11.5. The van der Waals surface area contributed by atoms with E-state index in [0.717, 1.165) is 23.3 Å². The lowest BCUT2D eigenvalue weighted by atomic mass is 10.0. The zero-order valence-electron chi connectivity index (χ0n) is 16.3. The number of amides is 1. The molecule has 29 heavy (non-hydrogen) atoms. The van der Waals surface area contributed by atoms with Crippen LogP contribution in [0.25, 0.3) is 0 Å². The lowest BCUT2D eigenvalue weighted by Gasteiger charge is -2.14. The van der Waals surface area contributed by atoms with Crippen LogP contribution >= 0.6 is 0 Å². The largest absolute Gasteiger partial charge is 0.491 e. The lowest BCUT2D eigenvalue weighted by molar-refractivity contribution is -0.131. The number of para-hydroxylation sites is 1. The molecular weight excluding hydrogens is 372 g/mol. The lowest BCUT2D eigenvalue weighted by Crippen LogP contribution is -2.32. The molecule has 1 atom stereocenters. The Morgan fingerprint density at radius 1 is 1.17 bits per heavy atom. The molecule has 0 radical (unpaired) electrons. The van der Waals surface area contributed by atoms with Crippen LogP contribution < -0.4 is 20.3 Å². The number of hydrogen-bond acceptors (Lipinski definition) is 6. The topological polar surface area (TPSA) is 100 Å². The van der Waals surface area contributed by atoms with E-state index in [9.17, 15) is 9.90 Å². The highest BCUT2D eigenvalue weighted by Gasteiger charge is 2.08. The third-order valence-corrected chi connectivity index (χ3v) is 4.13. The predicted molar refractivity (Wildman–Crippen MR) is 110 cm³/mol. The second kappa shape index (κ2) is 12.6. The highest BCUT2D eigenvalue weighted by molar-refractivity contribution is 5.76. The standard InChI is InChI=1S/C22H28N2O5/c1-2-6-18-13-17(9-10-21(18)29-16-22(26)24-27)11-12-23-14-19(25)15-28-20-7-4-3-5-8-20/h2-5,7-10,13,19,23,25,27H,1,6,11-12,14-16H2,(H,24,26). The number of nitrogens with one attached hydrogen (secondary N) is 2. The molecule has 1 amide bonds. The number of hydroxylamine groups is 1. The van der Waals surface area contributed by atoms with Crippen molar-refractivity contribution in [2.75, 3.05) is 26.3 Å². The molecule has 0 aliphatic rings. The SMILES string of the molecule is C=CCc1cc(CCNCC(O)COc2ccccc2)ccc1OCC(=O)NO. The fraction of sp³-hybridized carbons (Fsp3) is 0.318. The number of aliphatic hydroxyl groups excluding tert-OH is 1. The smallest absolute Gasteiger partial charge is 0.281 e. The van der Waals surface area contributed by atoms with Gasteiger partial charge < -0.3 is 19.9 Å². The first-order valence-corrected chi connectivity index (χ1v) is 9.47. The molecule has 0 heterocycles. The zero-order chi connectivity index (χ0) is 20.9. The van der Waals surface area contributed by atoms with Gasteiger partial charge >= 0.3 is 0 Å². The van der Waals surface area contributed by atoms with E-state index in [2.05, 4.69) is 11.9 Å². The van der Waals surface area contributed by atoms with Crippen molar-refractivity contribution >= 4 is 5.91 Å². The molecule has 0 bridgehead atoms. The number of ether oxygens (including phenoxy) is 2. The van der Waals surface area contributed by atoms with E-state index in [1.165, 1.54) is 5.48 Å². The second-order valence-electron chi connectivity index (χ2n) is 6.49. The molecule has 2 rings (SSSR count). The Balaban J connectivity index is 1.75. The van der Waals surface area contributed by atoms with Crippen LogP contribution in [0.4, 0.5) is 0 Å². The minimum atomic E-state index is -0.613. The van der Waals surface area contributed by atoms with Crippen molar-refractivity contribution in [1.29, 1.82) is 0 Å². The van der Waals surface area contributed by atoms with E-state index >= 15 is 0 Å². The summed E-state index contributed by atoms with van der Waals surface area (Å²) in [7, 11) is 0. The molecule has 2 aromatic carbocycles. The summed E-state index contributed by atoms with van der Waals surface area (Å²) in [6.07, 6.45) is 2.54. The first kappa shape index (κ1) is 22.4. The van der Waals surface area contributed by atoms with Crippen molar-refractivity contribution in [3.8, 4) is 11.5 Å². The van der Waals surface area contributed by atoms with Crippen molar-refractivity contribution in [2.24, 2.45) is 0 Å². The summed E-state index contributed by atoms with van der Waals surface area (Å²) in [4.78, 5) is 11.1. The van der Waals surface area contributed by atoms with E-state index in [1.54, 1.807) is 12.1 Å². The highest BCUT2D eigenvalue weighted by Crippen LogP contribution is 2.21. The van der Waals surface area contributed by atoms with Crippen LogP contribution in [0.3, 0.4) is 0 Å². The Morgan fingerprint density at radius 2 is 1.97 bits per heavy atom. The number of carbonyl (C=O) groups is 1. The highest BCUT2D eigenvalue weighted by atomic mass is 16.5. The maximum Gasteiger partial charge on any atom is 0.281 e. The van der Waals surface area contributed by atoms with Gasteiger partial charge in [0.25, 0.3) is 5.91 Å². The Kier molecular flexibility index (Phi) is 9.71. The van der Waals surface area contributed by atoms with Gasteiger partial charge in [-0.2, -0.15) is 0 Å².